The zero-order valence-corrected chi connectivity index (χ0v) is 16.0. The molecular weight excluding hydrogens is 363 g/mol. The number of nitrogens with one attached hydrogen (secondary N) is 2. The van der Waals surface area contributed by atoms with Crippen LogP contribution in [0.25, 0.3) is 0 Å². The van der Waals surface area contributed by atoms with Crippen LogP contribution >= 0.6 is 8.03 Å². The van der Waals surface area contributed by atoms with Crippen molar-refractivity contribution in [1.82, 2.24) is 10.6 Å². The minimum atomic E-state index is -2.17. The highest BCUT2D eigenvalue weighted by atomic mass is 31.1. The molecule has 7 heteroatoms. The van der Waals surface area contributed by atoms with E-state index in [1.807, 2.05) is 60.7 Å². The molecule has 142 valence electrons. The quantitative estimate of drug-likeness (QED) is 0.514. The van der Waals surface area contributed by atoms with E-state index in [0.717, 1.165) is 11.1 Å². The molecule has 0 heterocycles. The number of hydrogen-bond donors (Lipinski definition) is 2. The smallest absolute Gasteiger partial charge is 0.306 e. The normalized spacial score (nSPS) is 11.2. The second kappa shape index (κ2) is 12.2. The van der Waals surface area contributed by atoms with E-state index in [0.29, 0.717) is 13.1 Å². The molecule has 0 spiro atoms. The van der Waals surface area contributed by atoms with Gasteiger partial charge in [-0.25, -0.2) is 0 Å². The number of rotatable bonds is 13. The van der Waals surface area contributed by atoms with E-state index in [1.165, 1.54) is 0 Å². The summed E-state index contributed by atoms with van der Waals surface area (Å²) in [6.07, 6.45) is -0.193. The van der Waals surface area contributed by atoms with Gasteiger partial charge in [0.05, 0.1) is 13.1 Å². The highest BCUT2D eigenvalue weighted by Crippen LogP contribution is 2.21. The van der Waals surface area contributed by atoms with E-state index in [4.69, 9.17) is 4.52 Å². The van der Waals surface area contributed by atoms with Crippen LogP contribution in [0, 0.1) is 0 Å². The van der Waals surface area contributed by atoms with E-state index in [9.17, 15) is 14.2 Å². The molecule has 0 radical (unpaired) electrons. The Labute approximate surface area is 160 Å². The summed E-state index contributed by atoms with van der Waals surface area (Å²) in [5.41, 5.74) is 2.14. The number of hydrogen-bond acceptors (Lipinski definition) is 6. The van der Waals surface area contributed by atoms with Gasteiger partial charge in [-0.05, 0) is 15.7 Å². The second-order valence-corrected chi connectivity index (χ2v) is 7.26. The molecule has 1 atom stereocenters. The van der Waals surface area contributed by atoms with Crippen LogP contribution in [0.2, 0.25) is 0 Å². The first-order valence-electron chi connectivity index (χ1n) is 8.74. The van der Waals surface area contributed by atoms with Gasteiger partial charge >= 0.3 is 8.03 Å². The zero-order valence-electron chi connectivity index (χ0n) is 15.1. The van der Waals surface area contributed by atoms with Crippen molar-refractivity contribution < 1.29 is 18.7 Å². The van der Waals surface area contributed by atoms with E-state index < -0.39 is 8.03 Å². The molecule has 2 aromatic rings. The highest BCUT2D eigenvalue weighted by molar-refractivity contribution is 7.40. The number of Topliss-reactive ketones (excluding diaryl/α,β-unsaturated/α-hetero) is 2. The van der Waals surface area contributed by atoms with Crippen LogP contribution in [-0.4, -0.2) is 37.4 Å². The summed E-state index contributed by atoms with van der Waals surface area (Å²) in [4.78, 5) is 23.5. The van der Waals surface area contributed by atoms with Crippen LogP contribution in [0.3, 0.4) is 0 Å². The van der Waals surface area contributed by atoms with Gasteiger partial charge in [-0.15, -0.1) is 4.52 Å². The molecule has 6 nitrogen and oxygen atoms in total. The summed E-state index contributed by atoms with van der Waals surface area (Å²) >= 11 is 0. The molecular formula is C20H24N2O4P+. The van der Waals surface area contributed by atoms with Crippen molar-refractivity contribution in [3.63, 3.8) is 0 Å². The number of carbonyl (C=O) groups excluding carboxylic acids is 2. The van der Waals surface area contributed by atoms with Crippen molar-refractivity contribution in [2.75, 3.05) is 25.9 Å². The Bertz CT molecular complexity index is 738. The third kappa shape index (κ3) is 9.31. The Kier molecular flexibility index (Phi) is 9.52. The molecule has 0 aromatic heterocycles. The predicted molar refractivity (Wildman–Crippen MR) is 105 cm³/mol. The summed E-state index contributed by atoms with van der Waals surface area (Å²) in [6.45, 7) is 1.12. The van der Waals surface area contributed by atoms with Gasteiger partial charge in [0.2, 0.25) is 6.16 Å². The van der Waals surface area contributed by atoms with Crippen LogP contribution < -0.4 is 10.6 Å². The van der Waals surface area contributed by atoms with Gasteiger partial charge in [0.25, 0.3) is 0 Å². The fraction of sp³-hybridized carbons (Fsp3) is 0.300. The third-order valence-electron chi connectivity index (χ3n) is 3.66. The molecule has 0 aliphatic heterocycles. The summed E-state index contributed by atoms with van der Waals surface area (Å²) in [5, 5.41) is 6.01. The van der Waals surface area contributed by atoms with Crippen molar-refractivity contribution in [3.05, 3.63) is 71.8 Å². The van der Waals surface area contributed by atoms with E-state index >= 15 is 0 Å². The SMILES string of the molecule is O=C(CNCc1ccccc1)CO[P+](=O)CC(=O)CNCc1ccccc1. The zero-order chi connectivity index (χ0) is 19.3. The molecule has 1 unspecified atom stereocenters. The molecule has 2 aromatic carbocycles. The molecule has 0 saturated heterocycles. The van der Waals surface area contributed by atoms with E-state index in [1.54, 1.807) is 0 Å². The first kappa shape index (κ1) is 21.1. The monoisotopic (exact) mass is 387 g/mol. The fourth-order valence-electron chi connectivity index (χ4n) is 2.32. The average molecular weight is 387 g/mol. The van der Waals surface area contributed by atoms with Gasteiger partial charge in [-0.1, -0.05) is 60.7 Å². The molecule has 27 heavy (non-hydrogen) atoms. The van der Waals surface area contributed by atoms with Crippen LogP contribution in [0.5, 0.6) is 0 Å². The molecule has 0 bridgehead atoms. The van der Waals surface area contributed by atoms with Crippen LogP contribution in [0.1, 0.15) is 11.1 Å². The molecule has 0 fully saturated rings. The average Bonchev–Trinajstić information content (AvgIpc) is 2.68. The van der Waals surface area contributed by atoms with Gasteiger partial charge in [0, 0.05) is 13.1 Å². The second-order valence-electron chi connectivity index (χ2n) is 6.02. The minimum absolute atomic E-state index is 0.117. The number of benzene rings is 2. The lowest BCUT2D eigenvalue weighted by Crippen LogP contribution is -2.26. The van der Waals surface area contributed by atoms with Gasteiger partial charge < -0.3 is 10.6 Å². The van der Waals surface area contributed by atoms with Crippen LogP contribution in [-0.2, 0) is 31.8 Å². The Morgan fingerprint density at radius 3 is 1.78 bits per heavy atom. The highest BCUT2D eigenvalue weighted by Gasteiger charge is 2.24. The Balaban J connectivity index is 1.54. The van der Waals surface area contributed by atoms with Crippen molar-refractivity contribution in [2.45, 2.75) is 13.1 Å². The first-order valence-corrected chi connectivity index (χ1v) is 10.1. The Morgan fingerprint density at radius 1 is 0.778 bits per heavy atom. The third-order valence-corrected chi connectivity index (χ3v) is 4.69. The predicted octanol–water partition coefficient (Wildman–Crippen LogP) is 2.46. The Hall–Kier alpha value is -2.24. The first-order chi connectivity index (χ1) is 13.1. The molecule has 0 saturated carbocycles. The van der Waals surface area contributed by atoms with Crippen molar-refractivity contribution in [3.8, 4) is 0 Å². The number of ketones is 2. The number of carbonyl (C=O) groups is 2. The summed E-state index contributed by atoms with van der Waals surface area (Å²) in [5.74, 6) is -0.411. The van der Waals surface area contributed by atoms with Gasteiger partial charge in [0.1, 0.15) is 0 Å². The van der Waals surface area contributed by atoms with Gasteiger partial charge in [-0.2, -0.15) is 0 Å². The summed E-state index contributed by atoms with van der Waals surface area (Å²) < 4.78 is 16.8. The topological polar surface area (TPSA) is 84.5 Å². The maximum absolute atomic E-state index is 11.8. The summed E-state index contributed by atoms with van der Waals surface area (Å²) in [7, 11) is -2.17. The van der Waals surface area contributed by atoms with Gasteiger partial charge in [-0.3, -0.25) is 9.59 Å². The van der Waals surface area contributed by atoms with Crippen molar-refractivity contribution >= 4 is 19.6 Å². The lowest BCUT2D eigenvalue weighted by Gasteiger charge is -2.03. The lowest BCUT2D eigenvalue weighted by atomic mass is 10.2. The maximum atomic E-state index is 11.8. The molecule has 0 aliphatic rings. The van der Waals surface area contributed by atoms with E-state index in [2.05, 4.69) is 10.6 Å². The minimum Gasteiger partial charge on any atom is -0.306 e. The van der Waals surface area contributed by atoms with Gasteiger partial charge in [0.15, 0.2) is 18.2 Å². The molecule has 0 aliphatic carbocycles. The Morgan fingerprint density at radius 2 is 1.26 bits per heavy atom. The maximum Gasteiger partial charge on any atom is 0.516 e. The van der Waals surface area contributed by atoms with E-state index in [-0.39, 0.29) is 37.4 Å². The molecule has 2 N–H and O–H groups in total. The fourth-order valence-corrected chi connectivity index (χ4v) is 3.10. The van der Waals surface area contributed by atoms with Crippen LogP contribution in [0.15, 0.2) is 60.7 Å². The lowest BCUT2D eigenvalue weighted by molar-refractivity contribution is -0.120. The summed E-state index contributed by atoms with van der Waals surface area (Å²) in [6, 6.07) is 19.4. The molecule has 2 rings (SSSR count). The van der Waals surface area contributed by atoms with Crippen LogP contribution in [0.4, 0.5) is 0 Å². The standard InChI is InChI=1S/C20H24N2O4P/c23-19(13-21-11-17-7-3-1-4-8-17)15-26-27(25)16-20(24)14-22-12-18-9-5-2-6-10-18/h1-10,21-22H,11-16H2/q+1. The largest absolute Gasteiger partial charge is 0.516 e. The van der Waals surface area contributed by atoms with Crippen molar-refractivity contribution in [2.24, 2.45) is 0 Å². The van der Waals surface area contributed by atoms with Crippen molar-refractivity contribution in [1.29, 1.82) is 0 Å². The molecule has 0 amide bonds.